The molecule has 3 aromatic carbocycles. The minimum atomic E-state index is -0.861. The van der Waals surface area contributed by atoms with E-state index in [0.29, 0.717) is 18.8 Å². The molecule has 0 amide bonds. The van der Waals surface area contributed by atoms with Crippen LogP contribution in [0.2, 0.25) is 0 Å². The Labute approximate surface area is 139 Å². The van der Waals surface area contributed by atoms with Gasteiger partial charge in [0, 0.05) is 18.3 Å². The van der Waals surface area contributed by atoms with Crippen molar-refractivity contribution >= 4 is 5.69 Å². The maximum atomic E-state index is 13.2. The molecular formula is C20H17F2NO. The van der Waals surface area contributed by atoms with E-state index in [2.05, 4.69) is 5.32 Å². The summed E-state index contributed by atoms with van der Waals surface area (Å²) in [5, 5.41) is 3.07. The average Bonchev–Trinajstić information content (AvgIpc) is 2.62. The van der Waals surface area contributed by atoms with Gasteiger partial charge in [-0.1, -0.05) is 42.5 Å². The fraction of sp³-hybridized carbons (Fsp3) is 0.100. The zero-order valence-electron chi connectivity index (χ0n) is 13.0. The summed E-state index contributed by atoms with van der Waals surface area (Å²) in [5.74, 6) is -0.944. The van der Waals surface area contributed by atoms with E-state index < -0.39 is 11.6 Å². The second-order valence-electron chi connectivity index (χ2n) is 5.40. The largest absolute Gasteiger partial charge is 0.489 e. The predicted molar refractivity (Wildman–Crippen MR) is 90.9 cm³/mol. The van der Waals surface area contributed by atoms with Crippen molar-refractivity contribution in [1.29, 1.82) is 0 Å². The summed E-state index contributed by atoms with van der Waals surface area (Å²) in [5.41, 5.74) is 2.62. The van der Waals surface area contributed by atoms with Crippen molar-refractivity contribution in [3.63, 3.8) is 0 Å². The summed E-state index contributed by atoms with van der Waals surface area (Å²) >= 11 is 0. The maximum Gasteiger partial charge on any atom is 0.160 e. The zero-order valence-corrected chi connectivity index (χ0v) is 13.0. The number of hydrogen-bond donors (Lipinski definition) is 1. The SMILES string of the molecule is Fc1ccc(NCc2cccc(OCc3ccccc3)c2)cc1F. The Morgan fingerprint density at radius 2 is 1.54 bits per heavy atom. The van der Waals surface area contributed by atoms with Gasteiger partial charge in [0.25, 0.3) is 0 Å². The molecule has 0 aliphatic heterocycles. The number of halogens is 2. The third-order valence-corrected chi connectivity index (χ3v) is 3.56. The number of nitrogens with one attached hydrogen (secondary N) is 1. The molecule has 0 aliphatic rings. The van der Waals surface area contributed by atoms with Gasteiger partial charge in [-0.3, -0.25) is 0 Å². The van der Waals surface area contributed by atoms with Crippen LogP contribution in [0.5, 0.6) is 5.75 Å². The lowest BCUT2D eigenvalue weighted by molar-refractivity contribution is 0.306. The quantitative estimate of drug-likeness (QED) is 0.676. The van der Waals surface area contributed by atoms with Gasteiger partial charge in [-0.05, 0) is 35.4 Å². The van der Waals surface area contributed by atoms with Crippen molar-refractivity contribution in [2.75, 3.05) is 5.32 Å². The zero-order chi connectivity index (χ0) is 16.8. The van der Waals surface area contributed by atoms with Gasteiger partial charge in [-0.2, -0.15) is 0 Å². The van der Waals surface area contributed by atoms with Crippen molar-refractivity contribution in [2.45, 2.75) is 13.2 Å². The minimum absolute atomic E-state index is 0.494. The van der Waals surface area contributed by atoms with E-state index >= 15 is 0 Å². The summed E-state index contributed by atoms with van der Waals surface area (Å²) < 4.78 is 31.9. The van der Waals surface area contributed by atoms with E-state index in [1.807, 2.05) is 54.6 Å². The Hall–Kier alpha value is -2.88. The standard InChI is InChI=1S/C20H17F2NO/c21-19-10-9-17(12-20(19)22)23-13-16-7-4-8-18(11-16)24-14-15-5-2-1-3-6-15/h1-12,23H,13-14H2. The highest BCUT2D eigenvalue weighted by molar-refractivity contribution is 5.44. The van der Waals surface area contributed by atoms with Crippen molar-refractivity contribution in [3.05, 3.63) is 95.6 Å². The van der Waals surface area contributed by atoms with Crippen molar-refractivity contribution in [1.82, 2.24) is 0 Å². The van der Waals surface area contributed by atoms with Crippen LogP contribution < -0.4 is 10.1 Å². The lowest BCUT2D eigenvalue weighted by atomic mass is 10.2. The van der Waals surface area contributed by atoms with Crippen LogP contribution in [0.25, 0.3) is 0 Å². The molecule has 0 aromatic heterocycles. The lowest BCUT2D eigenvalue weighted by Gasteiger charge is -2.10. The maximum absolute atomic E-state index is 13.2. The van der Waals surface area contributed by atoms with Crippen LogP contribution in [0.3, 0.4) is 0 Å². The number of hydrogen-bond acceptors (Lipinski definition) is 2. The molecule has 0 unspecified atom stereocenters. The van der Waals surface area contributed by atoms with Crippen LogP contribution in [0, 0.1) is 11.6 Å². The molecule has 0 bridgehead atoms. The van der Waals surface area contributed by atoms with Crippen LogP contribution in [-0.4, -0.2) is 0 Å². The van der Waals surface area contributed by atoms with Gasteiger partial charge >= 0.3 is 0 Å². The summed E-state index contributed by atoms with van der Waals surface area (Å²) in [6.45, 7) is 0.995. The summed E-state index contributed by atoms with van der Waals surface area (Å²) in [6.07, 6.45) is 0. The first-order chi connectivity index (χ1) is 11.7. The fourth-order valence-electron chi connectivity index (χ4n) is 2.30. The number of anilines is 1. The molecule has 2 nitrogen and oxygen atoms in total. The summed E-state index contributed by atoms with van der Waals surface area (Å²) in [7, 11) is 0. The number of ether oxygens (including phenoxy) is 1. The average molecular weight is 325 g/mol. The van der Waals surface area contributed by atoms with Crippen molar-refractivity contribution < 1.29 is 13.5 Å². The van der Waals surface area contributed by atoms with Gasteiger partial charge in [-0.15, -0.1) is 0 Å². The van der Waals surface area contributed by atoms with E-state index in [9.17, 15) is 8.78 Å². The van der Waals surface area contributed by atoms with Crippen LogP contribution in [-0.2, 0) is 13.2 Å². The summed E-state index contributed by atoms with van der Waals surface area (Å²) in [4.78, 5) is 0. The monoisotopic (exact) mass is 325 g/mol. The minimum Gasteiger partial charge on any atom is -0.489 e. The molecule has 0 aliphatic carbocycles. The summed E-state index contributed by atoms with van der Waals surface area (Å²) in [6, 6.07) is 21.4. The van der Waals surface area contributed by atoms with Gasteiger partial charge in [-0.25, -0.2) is 8.78 Å². The molecule has 0 radical (unpaired) electrons. The number of benzene rings is 3. The normalized spacial score (nSPS) is 10.4. The molecule has 0 atom stereocenters. The highest BCUT2D eigenvalue weighted by atomic mass is 19.2. The molecule has 122 valence electrons. The second-order valence-corrected chi connectivity index (χ2v) is 5.40. The highest BCUT2D eigenvalue weighted by Crippen LogP contribution is 2.18. The highest BCUT2D eigenvalue weighted by Gasteiger charge is 2.03. The first kappa shape index (κ1) is 16.0. The predicted octanol–water partition coefficient (Wildman–Crippen LogP) is 5.16. The molecule has 24 heavy (non-hydrogen) atoms. The Kier molecular flexibility index (Phi) is 5.06. The first-order valence-electron chi connectivity index (χ1n) is 7.65. The van der Waals surface area contributed by atoms with E-state index in [1.54, 1.807) is 0 Å². The number of rotatable bonds is 6. The van der Waals surface area contributed by atoms with Gasteiger partial charge in [0.15, 0.2) is 11.6 Å². The van der Waals surface area contributed by atoms with Gasteiger partial charge in [0.2, 0.25) is 0 Å². The van der Waals surface area contributed by atoms with E-state index in [1.165, 1.54) is 6.07 Å². The smallest absolute Gasteiger partial charge is 0.160 e. The van der Waals surface area contributed by atoms with Crippen molar-refractivity contribution in [3.8, 4) is 5.75 Å². The van der Waals surface area contributed by atoms with Crippen molar-refractivity contribution in [2.24, 2.45) is 0 Å². The first-order valence-corrected chi connectivity index (χ1v) is 7.65. The molecule has 4 heteroatoms. The lowest BCUT2D eigenvalue weighted by Crippen LogP contribution is -2.01. The van der Waals surface area contributed by atoms with Gasteiger partial charge in [0.1, 0.15) is 12.4 Å². The topological polar surface area (TPSA) is 21.3 Å². The molecule has 3 rings (SSSR count). The van der Waals surface area contributed by atoms with Crippen LogP contribution in [0.4, 0.5) is 14.5 Å². The molecule has 1 N–H and O–H groups in total. The third kappa shape index (κ3) is 4.32. The molecule has 0 heterocycles. The Bertz CT molecular complexity index is 806. The molecule has 3 aromatic rings. The molecule has 0 saturated heterocycles. The second kappa shape index (κ2) is 7.59. The van der Waals surface area contributed by atoms with E-state index in [4.69, 9.17) is 4.74 Å². The van der Waals surface area contributed by atoms with E-state index in [0.717, 1.165) is 29.0 Å². The molecule has 0 saturated carbocycles. The van der Waals surface area contributed by atoms with Gasteiger partial charge < -0.3 is 10.1 Å². The Balaban J connectivity index is 1.59. The molecule has 0 spiro atoms. The molecular weight excluding hydrogens is 308 g/mol. The Morgan fingerprint density at radius 1 is 0.750 bits per heavy atom. The van der Waals surface area contributed by atoms with Gasteiger partial charge in [0.05, 0.1) is 0 Å². The van der Waals surface area contributed by atoms with Crippen LogP contribution in [0.1, 0.15) is 11.1 Å². The third-order valence-electron chi connectivity index (χ3n) is 3.56. The van der Waals surface area contributed by atoms with Crippen LogP contribution >= 0.6 is 0 Å². The fourth-order valence-corrected chi connectivity index (χ4v) is 2.30. The molecule has 0 fully saturated rings. The van der Waals surface area contributed by atoms with E-state index in [-0.39, 0.29) is 0 Å². The Morgan fingerprint density at radius 3 is 2.33 bits per heavy atom. The van der Waals surface area contributed by atoms with Crippen LogP contribution in [0.15, 0.2) is 72.8 Å².